The van der Waals surface area contributed by atoms with Crippen molar-refractivity contribution in [3.05, 3.63) is 53.3 Å². The monoisotopic (exact) mass is 411 g/mol. The molecule has 162 valence electrons. The first-order valence-corrected chi connectivity index (χ1v) is 10.9. The number of benzene rings is 1. The Bertz CT molecular complexity index is 884. The van der Waals surface area contributed by atoms with Crippen LogP contribution in [0.5, 0.6) is 0 Å². The van der Waals surface area contributed by atoms with Crippen molar-refractivity contribution < 1.29 is 19.1 Å². The summed E-state index contributed by atoms with van der Waals surface area (Å²) in [5.41, 5.74) is 3.18. The normalized spacial score (nSPS) is 21.5. The maximum atomic E-state index is 12.6. The summed E-state index contributed by atoms with van der Waals surface area (Å²) in [7, 11) is 0. The number of aryl methyl sites for hydroxylation is 1. The van der Waals surface area contributed by atoms with Gasteiger partial charge in [-0.2, -0.15) is 0 Å². The number of nitrogens with zero attached hydrogens (tertiary/aromatic N) is 1. The van der Waals surface area contributed by atoms with Crippen LogP contribution in [0.2, 0.25) is 0 Å². The van der Waals surface area contributed by atoms with Crippen molar-refractivity contribution >= 4 is 11.9 Å². The predicted molar refractivity (Wildman–Crippen MR) is 117 cm³/mol. The number of hydrogen-bond acceptors (Lipinski definition) is 4. The van der Waals surface area contributed by atoms with Gasteiger partial charge in [-0.1, -0.05) is 45.4 Å². The molecule has 1 aromatic heterocycles. The third kappa shape index (κ3) is 4.94. The molecule has 3 atom stereocenters. The molecule has 5 heteroatoms. The zero-order valence-electron chi connectivity index (χ0n) is 18.7. The minimum absolute atomic E-state index is 0.0944. The molecule has 5 nitrogen and oxygen atoms in total. The lowest BCUT2D eigenvalue weighted by atomic mass is 9.75. The highest BCUT2D eigenvalue weighted by molar-refractivity contribution is 5.92. The van der Waals surface area contributed by atoms with Crippen LogP contribution in [0.15, 0.2) is 36.4 Å². The highest BCUT2D eigenvalue weighted by Gasteiger charge is 2.33. The molecule has 3 rings (SSSR count). The first-order chi connectivity index (χ1) is 14.3. The zero-order valence-corrected chi connectivity index (χ0v) is 18.7. The first-order valence-electron chi connectivity index (χ1n) is 10.9. The Morgan fingerprint density at radius 1 is 1.13 bits per heavy atom. The first kappa shape index (κ1) is 22.1. The van der Waals surface area contributed by atoms with Crippen LogP contribution in [-0.2, 0) is 14.3 Å². The third-order valence-electron chi connectivity index (χ3n) is 6.23. The van der Waals surface area contributed by atoms with Crippen molar-refractivity contribution in [2.75, 3.05) is 6.61 Å². The van der Waals surface area contributed by atoms with E-state index in [9.17, 15) is 9.59 Å². The predicted octanol–water partition coefficient (Wildman–Crippen LogP) is 5.25. The number of para-hydroxylation sites is 1. The van der Waals surface area contributed by atoms with Gasteiger partial charge in [0.2, 0.25) is 0 Å². The summed E-state index contributed by atoms with van der Waals surface area (Å²) in [6.45, 7) is 10.0. The number of aromatic nitrogens is 1. The Morgan fingerprint density at radius 2 is 1.83 bits per heavy atom. The molecule has 1 fully saturated rings. The van der Waals surface area contributed by atoms with E-state index in [0.29, 0.717) is 23.3 Å². The van der Waals surface area contributed by atoms with E-state index in [0.717, 1.165) is 29.9 Å². The summed E-state index contributed by atoms with van der Waals surface area (Å²) >= 11 is 0. The fourth-order valence-corrected chi connectivity index (χ4v) is 4.60. The number of rotatable bonds is 6. The molecule has 30 heavy (non-hydrogen) atoms. The van der Waals surface area contributed by atoms with Gasteiger partial charge in [-0.15, -0.1) is 0 Å². The van der Waals surface area contributed by atoms with E-state index in [1.807, 2.05) is 48.7 Å². The molecule has 1 saturated carbocycles. The van der Waals surface area contributed by atoms with Crippen molar-refractivity contribution in [2.45, 2.75) is 60.0 Å². The van der Waals surface area contributed by atoms with Gasteiger partial charge in [-0.05, 0) is 62.6 Å². The van der Waals surface area contributed by atoms with Gasteiger partial charge in [0.1, 0.15) is 6.10 Å². The molecule has 1 heterocycles. The van der Waals surface area contributed by atoms with Crippen molar-refractivity contribution in [1.82, 2.24) is 4.57 Å². The second-order valence-electron chi connectivity index (χ2n) is 8.89. The maximum Gasteiger partial charge on any atom is 0.344 e. The van der Waals surface area contributed by atoms with Gasteiger partial charge < -0.3 is 14.0 Å². The Balaban J connectivity index is 1.62. The molecular formula is C25H33NO4. The van der Waals surface area contributed by atoms with E-state index in [2.05, 4.69) is 20.8 Å². The molecule has 1 aliphatic rings. The number of carbonyl (C=O) groups excluding carboxylic acids is 2. The summed E-state index contributed by atoms with van der Waals surface area (Å²) in [4.78, 5) is 25.0. The summed E-state index contributed by atoms with van der Waals surface area (Å²) in [5.74, 6) is 0.403. The SMILES string of the molecule is Cc1cc(C(=O)OCC(=O)O[C@H]2C[C@H](C)CC[C@@H]2C(C)C)c(C)n1-c1ccccc1. The quantitative estimate of drug-likeness (QED) is 0.609. The van der Waals surface area contributed by atoms with E-state index in [1.54, 1.807) is 6.07 Å². The lowest BCUT2D eigenvalue weighted by Crippen LogP contribution is -2.36. The average Bonchev–Trinajstić information content (AvgIpc) is 3.00. The van der Waals surface area contributed by atoms with Gasteiger partial charge in [0.15, 0.2) is 6.61 Å². The van der Waals surface area contributed by atoms with Crippen LogP contribution in [-0.4, -0.2) is 29.2 Å². The molecule has 2 aromatic rings. The van der Waals surface area contributed by atoms with Gasteiger partial charge in [0, 0.05) is 17.1 Å². The molecule has 1 aromatic carbocycles. The lowest BCUT2D eigenvalue weighted by Gasteiger charge is -2.36. The van der Waals surface area contributed by atoms with Crippen molar-refractivity contribution in [3.8, 4) is 5.69 Å². The van der Waals surface area contributed by atoms with Crippen molar-refractivity contribution in [3.63, 3.8) is 0 Å². The maximum absolute atomic E-state index is 12.6. The smallest absolute Gasteiger partial charge is 0.344 e. The molecule has 0 aliphatic heterocycles. The van der Waals surface area contributed by atoms with Crippen LogP contribution in [0.25, 0.3) is 5.69 Å². The molecule has 0 amide bonds. The van der Waals surface area contributed by atoms with Crippen LogP contribution in [0.4, 0.5) is 0 Å². The zero-order chi connectivity index (χ0) is 21.8. The Hall–Kier alpha value is -2.56. The topological polar surface area (TPSA) is 57.5 Å². The van der Waals surface area contributed by atoms with Crippen LogP contribution < -0.4 is 0 Å². The number of esters is 2. The molecule has 0 bridgehead atoms. The minimum atomic E-state index is -0.500. The molecule has 0 unspecified atom stereocenters. The summed E-state index contributed by atoms with van der Waals surface area (Å²) < 4.78 is 13.0. The average molecular weight is 412 g/mol. The van der Waals surface area contributed by atoms with E-state index in [1.165, 1.54) is 6.42 Å². The largest absolute Gasteiger partial charge is 0.460 e. The summed E-state index contributed by atoms with van der Waals surface area (Å²) in [5, 5.41) is 0. The molecule has 0 saturated heterocycles. The summed E-state index contributed by atoms with van der Waals surface area (Å²) in [6, 6.07) is 11.6. The van der Waals surface area contributed by atoms with Gasteiger partial charge in [-0.25, -0.2) is 9.59 Å². The molecule has 1 aliphatic carbocycles. The fraction of sp³-hybridized carbons (Fsp3) is 0.520. The lowest BCUT2D eigenvalue weighted by molar-refractivity contribution is -0.159. The van der Waals surface area contributed by atoms with E-state index in [4.69, 9.17) is 9.47 Å². The standard InChI is InChI=1S/C25H33NO4/c1-16(2)21-12-11-17(3)13-23(21)30-24(27)15-29-25(28)22-14-18(4)26(19(22)5)20-9-7-6-8-10-20/h6-10,14,16-17,21,23H,11-13,15H2,1-5H3/t17-,21-,23+/m1/s1. The van der Waals surface area contributed by atoms with Crippen LogP contribution in [0.1, 0.15) is 61.8 Å². The Labute approximate surface area is 179 Å². The van der Waals surface area contributed by atoms with Gasteiger partial charge >= 0.3 is 11.9 Å². The van der Waals surface area contributed by atoms with Gasteiger partial charge in [0.25, 0.3) is 0 Å². The van der Waals surface area contributed by atoms with Crippen LogP contribution >= 0.6 is 0 Å². The number of carbonyl (C=O) groups is 2. The molecular weight excluding hydrogens is 378 g/mol. The Morgan fingerprint density at radius 3 is 2.50 bits per heavy atom. The molecule has 0 N–H and O–H groups in total. The second kappa shape index (κ2) is 9.50. The minimum Gasteiger partial charge on any atom is -0.460 e. The number of hydrogen-bond donors (Lipinski definition) is 0. The van der Waals surface area contributed by atoms with Crippen molar-refractivity contribution in [1.29, 1.82) is 0 Å². The van der Waals surface area contributed by atoms with Crippen LogP contribution in [0.3, 0.4) is 0 Å². The van der Waals surface area contributed by atoms with Crippen molar-refractivity contribution in [2.24, 2.45) is 17.8 Å². The molecule has 0 spiro atoms. The fourth-order valence-electron chi connectivity index (χ4n) is 4.60. The number of ether oxygens (including phenoxy) is 2. The van der Waals surface area contributed by atoms with E-state index in [-0.39, 0.29) is 12.7 Å². The Kier molecular flexibility index (Phi) is 7.01. The van der Waals surface area contributed by atoms with E-state index < -0.39 is 11.9 Å². The van der Waals surface area contributed by atoms with Gasteiger partial charge in [-0.3, -0.25) is 0 Å². The van der Waals surface area contributed by atoms with Crippen LogP contribution in [0, 0.1) is 31.6 Å². The van der Waals surface area contributed by atoms with E-state index >= 15 is 0 Å². The second-order valence-corrected chi connectivity index (χ2v) is 8.89. The van der Waals surface area contributed by atoms with Gasteiger partial charge in [0.05, 0.1) is 5.56 Å². The third-order valence-corrected chi connectivity index (χ3v) is 6.23. The molecule has 0 radical (unpaired) electrons. The highest BCUT2D eigenvalue weighted by Crippen LogP contribution is 2.35. The summed E-state index contributed by atoms with van der Waals surface area (Å²) in [6.07, 6.45) is 3.02. The highest BCUT2D eigenvalue weighted by atomic mass is 16.6.